The van der Waals surface area contributed by atoms with E-state index in [1.54, 1.807) is 4.68 Å². The zero-order valence-electron chi connectivity index (χ0n) is 7.48. The second kappa shape index (κ2) is 3.64. The maximum absolute atomic E-state index is 6.03. The van der Waals surface area contributed by atoms with Gasteiger partial charge in [-0.05, 0) is 12.8 Å². The van der Waals surface area contributed by atoms with Crippen LogP contribution in [0, 0.1) is 0 Å². The first-order valence-corrected chi connectivity index (χ1v) is 4.81. The number of hydrogen-bond acceptors (Lipinski definition) is 3. The molecule has 0 radical (unpaired) electrons. The summed E-state index contributed by atoms with van der Waals surface area (Å²) in [5.41, 5.74) is 0.882. The number of halogens is 1. The van der Waals surface area contributed by atoms with E-state index in [0.29, 0.717) is 0 Å². The maximum Gasteiger partial charge on any atom is 0.111 e. The Morgan fingerprint density at radius 1 is 1.69 bits per heavy atom. The molecule has 1 aliphatic rings. The van der Waals surface area contributed by atoms with Gasteiger partial charge in [-0.2, -0.15) is 0 Å². The van der Waals surface area contributed by atoms with Crippen LogP contribution in [0.25, 0.3) is 0 Å². The van der Waals surface area contributed by atoms with E-state index in [4.69, 9.17) is 16.3 Å². The van der Waals surface area contributed by atoms with Gasteiger partial charge < -0.3 is 4.74 Å². The van der Waals surface area contributed by atoms with Crippen molar-refractivity contribution in [2.75, 3.05) is 6.61 Å². The molecule has 1 aromatic rings. The lowest BCUT2D eigenvalue weighted by molar-refractivity contribution is 0.0141. The average Bonchev–Trinajstić information content (AvgIpc) is 2.52. The standard InChI is InChI=1S/C8H12ClN3O/c1-12-5-7(10-11-12)8-4-6(9)2-3-13-8/h5-6,8H,2-4H2,1H3. The summed E-state index contributed by atoms with van der Waals surface area (Å²) in [5, 5.41) is 8.07. The van der Waals surface area contributed by atoms with Gasteiger partial charge in [0.2, 0.25) is 0 Å². The zero-order chi connectivity index (χ0) is 9.26. The molecule has 13 heavy (non-hydrogen) atoms. The van der Waals surface area contributed by atoms with E-state index in [0.717, 1.165) is 25.1 Å². The molecule has 1 aromatic heterocycles. The Hall–Kier alpha value is -0.610. The smallest absolute Gasteiger partial charge is 0.111 e. The molecular formula is C8H12ClN3O. The van der Waals surface area contributed by atoms with E-state index in [-0.39, 0.29) is 11.5 Å². The molecule has 72 valence electrons. The van der Waals surface area contributed by atoms with Gasteiger partial charge in [0, 0.05) is 19.0 Å². The first-order chi connectivity index (χ1) is 6.25. The molecule has 5 heteroatoms. The van der Waals surface area contributed by atoms with Crippen molar-refractivity contribution in [1.29, 1.82) is 0 Å². The maximum atomic E-state index is 6.03. The molecule has 0 N–H and O–H groups in total. The topological polar surface area (TPSA) is 39.9 Å². The molecule has 4 nitrogen and oxygen atoms in total. The van der Waals surface area contributed by atoms with Crippen LogP contribution in [0.5, 0.6) is 0 Å². The van der Waals surface area contributed by atoms with Crippen LogP contribution in [0.4, 0.5) is 0 Å². The SMILES string of the molecule is Cn1cc(C2CC(Cl)CCO2)nn1. The second-order valence-corrected chi connectivity index (χ2v) is 3.92. The van der Waals surface area contributed by atoms with Crippen LogP contribution < -0.4 is 0 Å². The molecular weight excluding hydrogens is 190 g/mol. The van der Waals surface area contributed by atoms with Crippen molar-refractivity contribution < 1.29 is 4.74 Å². The van der Waals surface area contributed by atoms with Crippen molar-refractivity contribution in [3.8, 4) is 0 Å². The largest absolute Gasteiger partial charge is 0.372 e. The van der Waals surface area contributed by atoms with Gasteiger partial charge in [0.15, 0.2) is 0 Å². The molecule has 1 fully saturated rings. The van der Waals surface area contributed by atoms with Gasteiger partial charge in [0.25, 0.3) is 0 Å². The number of aromatic nitrogens is 3. The van der Waals surface area contributed by atoms with Crippen LogP contribution in [0.1, 0.15) is 24.6 Å². The fraction of sp³-hybridized carbons (Fsp3) is 0.750. The first-order valence-electron chi connectivity index (χ1n) is 4.37. The Morgan fingerprint density at radius 3 is 3.15 bits per heavy atom. The highest BCUT2D eigenvalue weighted by Gasteiger charge is 2.24. The molecule has 0 aliphatic carbocycles. The Kier molecular flexibility index (Phi) is 2.51. The van der Waals surface area contributed by atoms with E-state index in [9.17, 15) is 0 Å². The third-order valence-electron chi connectivity index (χ3n) is 2.17. The summed E-state index contributed by atoms with van der Waals surface area (Å²) in [4.78, 5) is 0. The fourth-order valence-electron chi connectivity index (χ4n) is 1.48. The van der Waals surface area contributed by atoms with Gasteiger partial charge in [-0.15, -0.1) is 16.7 Å². The minimum atomic E-state index is 0.0324. The van der Waals surface area contributed by atoms with Gasteiger partial charge in [0.1, 0.15) is 11.8 Å². The Bertz CT molecular complexity index is 289. The number of rotatable bonds is 1. The summed E-state index contributed by atoms with van der Waals surface area (Å²) >= 11 is 6.03. The van der Waals surface area contributed by atoms with E-state index in [1.807, 2.05) is 13.2 Å². The lowest BCUT2D eigenvalue weighted by atomic mass is 10.1. The van der Waals surface area contributed by atoms with Crippen molar-refractivity contribution in [2.45, 2.75) is 24.3 Å². The lowest BCUT2D eigenvalue weighted by Gasteiger charge is -2.24. The molecule has 0 amide bonds. The molecule has 0 aromatic carbocycles. The molecule has 2 rings (SSSR count). The highest BCUT2D eigenvalue weighted by molar-refractivity contribution is 6.20. The van der Waals surface area contributed by atoms with Gasteiger partial charge in [-0.1, -0.05) is 5.21 Å². The summed E-state index contributed by atoms with van der Waals surface area (Å²) in [7, 11) is 1.84. The van der Waals surface area contributed by atoms with E-state index in [2.05, 4.69) is 10.3 Å². The third-order valence-corrected chi connectivity index (χ3v) is 2.57. The summed E-state index contributed by atoms with van der Waals surface area (Å²) < 4.78 is 7.22. The highest BCUT2D eigenvalue weighted by Crippen LogP contribution is 2.28. The quantitative estimate of drug-likeness (QED) is 0.643. The van der Waals surface area contributed by atoms with Crippen LogP contribution in [-0.2, 0) is 11.8 Å². The van der Waals surface area contributed by atoms with Gasteiger partial charge in [-0.25, -0.2) is 0 Å². The lowest BCUT2D eigenvalue weighted by Crippen LogP contribution is -2.20. The molecule has 1 saturated heterocycles. The molecule has 0 spiro atoms. The van der Waals surface area contributed by atoms with Crippen LogP contribution in [-0.4, -0.2) is 27.0 Å². The average molecular weight is 202 g/mol. The molecule has 0 bridgehead atoms. The first kappa shape index (κ1) is 8.97. The second-order valence-electron chi connectivity index (χ2n) is 3.30. The Labute approximate surface area is 81.8 Å². The van der Waals surface area contributed by atoms with Crippen molar-refractivity contribution >= 4 is 11.6 Å². The Balaban J connectivity index is 2.08. The van der Waals surface area contributed by atoms with Crippen LogP contribution in [0.2, 0.25) is 0 Å². The van der Waals surface area contributed by atoms with Crippen LogP contribution >= 0.6 is 11.6 Å². The number of alkyl halides is 1. The van der Waals surface area contributed by atoms with Crippen molar-refractivity contribution in [2.24, 2.45) is 7.05 Å². The zero-order valence-corrected chi connectivity index (χ0v) is 8.24. The summed E-state index contributed by atoms with van der Waals surface area (Å²) in [6, 6.07) is 0. The van der Waals surface area contributed by atoms with Gasteiger partial charge in [-0.3, -0.25) is 4.68 Å². The normalized spacial score (nSPS) is 29.1. The number of ether oxygens (including phenoxy) is 1. The van der Waals surface area contributed by atoms with E-state index in [1.165, 1.54) is 0 Å². The summed E-state index contributed by atoms with van der Waals surface area (Å²) in [5.74, 6) is 0. The van der Waals surface area contributed by atoms with E-state index < -0.39 is 0 Å². The van der Waals surface area contributed by atoms with Crippen LogP contribution in [0.3, 0.4) is 0 Å². The molecule has 1 aliphatic heterocycles. The number of nitrogens with zero attached hydrogens (tertiary/aromatic N) is 3. The predicted molar refractivity (Wildman–Crippen MR) is 48.6 cm³/mol. The van der Waals surface area contributed by atoms with Crippen molar-refractivity contribution in [1.82, 2.24) is 15.0 Å². The monoisotopic (exact) mass is 201 g/mol. The molecule has 0 saturated carbocycles. The Morgan fingerprint density at radius 2 is 2.54 bits per heavy atom. The molecule has 2 unspecified atom stereocenters. The summed E-state index contributed by atoms with van der Waals surface area (Å²) in [6.07, 6.45) is 3.67. The van der Waals surface area contributed by atoms with Gasteiger partial charge >= 0.3 is 0 Å². The van der Waals surface area contributed by atoms with Crippen molar-refractivity contribution in [3.05, 3.63) is 11.9 Å². The fourth-order valence-corrected chi connectivity index (χ4v) is 1.73. The van der Waals surface area contributed by atoms with E-state index >= 15 is 0 Å². The minimum absolute atomic E-state index is 0.0324. The van der Waals surface area contributed by atoms with Crippen LogP contribution in [0.15, 0.2) is 6.20 Å². The predicted octanol–water partition coefficient (Wildman–Crippen LogP) is 1.27. The third kappa shape index (κ3) is 2.00. The minimum Gasteiger partial charge on any atom is -0.372 e. The highest BCUT2D eigenvalue weighted by atomic mass is 35.5. The summed E-state index contributed by atoms with van der Waals surface area (Å²) in [6.45, 7) is 0.718. The molecule has 2 heterocycles. The van der Waals surface area contributed by atoms with Crippen molar-refractivity contribution in [3.63, 3.8) is 0 Å². The number of aryl methyl sites for hydroxylation is 1. The van der Waals surface area contributed by atoms with Gasteiger partial charge in [0.05, 0.1) is 6.20 Å². The number of hydrogen-bond donors (Lipinski definition) is 0. The molecule has 2 atom stereocenters.